The number of nitrogens with one attached hydrogen (secondary N) is 2. The molecule has 0 saturated carbocycles. The maximum atomic E-state index is 5.27. The fraction of sp³-hybridized carbons (Fsp3) is 0.133. The highest BCUT2D eigenvalue weighted by molar-refractivity contribution is 9.10. The van der Waals surface area contributed by atoms with Gasteiger partial charge in [-0.2, -0.15) is 0 Å². The lowest BCUT2D eigenvalue weighted by Gasteiger charge is -2.11. The van der Waals surface area contributed by atoms with E-state index in [9.17, 15) is 0 Å². The molecule has 0 heterocycles. The Morgan fingerprint density at radius 2 is 1.95 bits per heavy atom. The first-order chi connectivity index (χ1) is 9.13. The number of aryl methyl sites for hydroxylation is 1. The first kappa shape index (κ1) is 14.0. The van der Waals surface area contributed by atoms with Gasteiger partial charge < -0.3 is 10.6 Å². The summed E-state index contributed by atoms with van der Waals surface area (Å²) in [5.41, 5.74) is 3.44. The van der Waals surface area contributed by atoms with Gasteiger partial charge in [-0.25, -0.2) is 0 Å². The van der Waals surface area contributed by atoms with Gasteiger partial charge in [0, 0.05) is 16.7 Å². The third-order valence-electron chi connectivity index (χ3n) is 2.62. The van der Waals surface area contributed by atoms with Crippen molar-refractivity contribution in [1.82, 2.24) is 5.32 Å². The van der Waals surface area contributed by atoms with Crippen LogP contribution in [0.15, 0.2) is 53.0 Å². The number of halogens is 1. The highest BCUT2D eigenvalue weighted by atomic mass is 79.9. The summed E-state index contributed by atoms with van der Waals surface area (Å²) in [6.45, 7) is 2.81. The summed E-state index contributed by atoms with van der Waals surface area (Å²) in [5.74, 6) is 0. The van der Waals surface area contributed by atoms with E-state index in [0.717, 1.165) is 16.7 Å². The highest BCUT2D eigenvalue weighted by Crippen LogP contribution is 2.15. The number of thiocarbonyl (C=S) groups is 1. The van der Waals surface area contributed by atoms with Crippen molar-refractivity contribution < 1.29 is 0 Å². The molecule has 0 aliphatic rings. The van der Waals surface area contributed by atoms with E-state index in [0.29, 0.717) is 5.11 Å². The van der Waals surface area contributed by atoms with Crippen LogP contribution in [0.5, 0.6) is 0 Å². The Bertz CT molecular complexity index is 584. The van der Waals surface area contributed by atoms with Crippen LogP contribution >= 0.6 is 28.1 Å². The Kier molecular flexibility index (Phi) is 4.93. The molecule has 2 nitrogen and oxygen atoms in total. The summed E-state index contributed by atoms with van der Waals surface area (Å²) in [4.78, 5) is 0. The molecule has 0 aliphatic heterocycles. The van der Waals surface area contributed by atoms with Crippen molar-refractivity contribution in [3.05, 3.63) is 64.1 Å². The first-order valence-corrected chi connectivity index (χ1v) is 7.19. The molecule has 0 aromatic heterocycles. The Hall–Kier alpha value is -1.39. The minimum Gasteiger partial charge on any atom is -0.358 e. The molecule has 0 atom stereocenters. The Morgan fingerprint density at radius 3 is 2.68 bits per heavy atom. The maximum absolute atomic E-state index is 5.27. The van der Waals surface area contributed by atoms with Crippen molar-refractivity contribution in [1.29, 1.82) is 0 Å². The molecule has 2 aromatic carbocycles. The Labute approximate surface area is 127 Å². The molecule has 0 radical (unpaired) electrons. The molecule has 19 heavy (non-hydrogen) atoms. The van der Waals surface area contributed by atoms with Gasteiger partial charge in [0.15, 0.2) is 5.11 Å². The van der Waals surface area contributed by atoms with E-state index < -0.39 is 0 Å². The first-order valence-electron chi connectivity index (χ1n) is 5.99. The third-order valence-corrected chi connectivity index (χ3v) is 3.36. The van der Waals surface area contributed by atoms with E-state index in [4.69, 9.17) is 12.2 Å². The van der Waals surface area contributed by atoms with Crippen molar-refractivity contribution in [2.75, 3.05) is 5.32 Å². The van der Waals surface area contributed by atoms with Crippen molar-refractivity contribution in [3.8, 4) is 0 Å². The van der Waals surface area contributed by atoms with Crippen LogP contribution < -0.4 is 10.6 Å². The lowest BCUT2D eigenvalue weighted by Crippen LogP contribution is -2.27. The summed E-state index contributed by atoms with van der Waals surface area (Å²) in [7, 11) is 0. The van der Waals surface area contributed by atoms with Crippen molar-refractivity contribution in [3.63, 3.8) is 0 Å². The minimum atomic E-state index is 0.625. The van der Waals surface area contributed by atoms with Crippen LogP contribution in [0.3, 0.4) is 0 Å². The summed E-state index contributed by atoms with van der Waals surface area (Å²) in [5, 5.41) is 6.98. The molecule has 4 heteroatoms. The molecular weight excluding hydrogens is 320 g/mol. The van der Waals surface area contributed by atoms with Crippen LogP contribution in [0.1, 0.15) is 11.1 Å². The van der Waals surface area contributed by atoms with Gasteiger partial charge in [0.05, 0.1) is 0 Å². The number of anilines is 1. The monoisotopic (exact) mass is 334 g/mol. The Balaban J connectivity index is 1.88. The van der Waals surface area contributed by atoms with E-state index in [1.54, 1.807) is 0 Å². The van der Waals surface area contributed by atoms with Crippen LogP contribution in [0, 0.1) is 6.92 Å². The molecule has 0 fully saturated rings. The van der Waals surface area contributed by atoms with E-state index in [-0.39, 0.29) is 0 Å². The SMILES string of the molecule is Cc1cccc(CNC(=S)Nc2cccc(Br)c2)c1. The van der Waals surface area contributed by atoms with Gasteiger partial charge in [-0.15, -0.1) is 0 Å². The second kappa shape index (κ2) is 6.68. The maximum Gasteiger partial charge on any atom is 0.171 e. The molecule has 0 bridgehead atoms. The van der Waals surface area contributed by atoms with E-state index in [1.165, 1.54) is 11.1 Å². The van der Waals surface area contributed by atoms with E-state index in [1.807, 2.05) is 24.3 Å². The second-order valence-corrected chi connectivity index (χ2v) is 5.63. The van der Waals surface area contributed by atoms with Gasteiger partial charge >= 0.3 is 0 Å². The molecule has 0 aliphatic carbocycles. The largest absolute Gasteiger partial charge is 0.358 e. The van der Waals surface area contributed by atoms with Crippen LogP contribution in [-0.4, -0.2) is 5.11 Å². The topological polar surface area (TPSA) is 24.1 Å². The van der Waals surface area contributed by atoms with Gasteiger partial charge in [-0.05, 0) is 42.9 Å². The molecule has 0 saturated heterocycles. The zero-order chi connectivity index (χ0) is 13.7. The van der Waals surface area contributed by atoms with E-state index >= 15 is 0 Å². The average Bonchev–Trinajstić information content (AvgIpc) is 2.36. The third kappa shape index (κ3) is 4.65. The van der Waals surface area contributed by atoms with Crippen LogP contribution in [0.2, 0.25) is 0 Å². The molecule has 2 aromatic rings. The van der Waals surface area contributed by atoms with Crippen molar-refractivity contribution in [2.24, 2.45) is 0 Å². The normalized spacial score (nSPS) is 10.0. The molecule has 0 spiro atoms. The van der Waals surface area contributed by atoms with E-state index in [2.05, 4.69) is 57.8 Å². The molecular formula is C15H15BrN2S. The predicted molar refractivity (Wildman–Crippen MR) is 88.4 cm³/mol. The lowest BCUT2D eigenvalue weighted by molar-refractivity contribution is 0.924. The molecule has 98 valence electrons. The van der Waals surface area contributed by atoms with Crippen LogP contribution in [-0.2, 0) is 6.54 Å². The quantitative estimate of drug-likeness (QED) is 0.821. The number of benzene rings is 2. The smallest absolute Gasteiger partial charge is 0.171 e. The van der Waals surface area contributed by atoms with Gasteiger partial charge in [-0.1, -0.05) is 51.8 Å². The summed E-state index contributed by atoms with van der Waals surface area (Å²) in [6.07, 6.45) is 0. The summed E-state index contributed by atoms with van der Waals surface area (Å²) < 4.78 is 1.03. The minimum absolute atomic E-state index is 0.625. The fourth-order valence-corrected chi connectivity index (χ4v) is 2.34. The van der Waals surface area contributed by atoms with Gasteiger partial charge in [0.25, 0.3) is 0 Å². The molecule has 2 N–H and O–H groups in total. The van der Waals surface area contributed by atoms with Crippen molar-refractivity contribution in [2.45, 2.75) is 13.5 Å². The zero-order valence-electron chi connectivity index (χ0n) is 10.6. The second-order valence-electron chi connectivity index (χ2n) is 4.31. The summed E-state index contributed by atoms with van der Waals surface area (Å²) >= 11 is 8.71. The fourth-order valence-electron chi connectivity index (χ4n) is 1.75. The molecule has 2 rings (SSSR count). The van der Waals surface area contributed by atoms with Crippen molar-refractivity contribution >= 4 is 38.9 Å². The van der Waals surface area contributed by atoms with Crippen LogP contribution in [0.25, 0.3) is 0 Å². The lowest BCUT2D eigenvalue weighted by atomic mass is 10.1. The number of hydrogen-bond acceptors (Lipinski definition) is 1. The average molecular weight is 335 g/mol. The Morgan fingerprint density at radius 1 is 1.16 bits per heavy atom. The summed E-state index contributed by atoms with van der Waals surface area (Å²) in [6, 6.07) is 16.3. The highest BCUT2D eigenvalue weighted by Gasteiger charge is 1.99. The standard InChI is InChI=1S/C15H15BrN2S/c1-11-4-2-5-12(8-11)10-17-15(19)18-14-7-3-6-13(16)9-14/h2-9H,10H2,1H3,(H2,17,18,19). The van der Waals surface area contributed by atoms with Gasteiger partial charge in [0.1, 0.15) is 0 Å². The molecule has 0 unspecified atom stereocenters. The number of hydrogen-bond donors (Lipinski definition) is 2. The predicted octanol–water partition coefficient (Wildman–Crippen LogP) is 4.24. The van der Waals surface area contributed by atoms with Crippen LogP contribution in [0.4, 0.5) is 5.69 Å². The molecule has 0 amide bonds. The van der Waals surface area contributed by atoms with Gasteiger partial charge in [-0.3, -0.25) is 0 Å². The number of rotatable bonds is 3. The van der Waals surface area contributed by atoms with Gasteiger partial charge in [0.2, 0.25) is 0 Å². The zero-order valence-corrected chi connectivity index (χ0v) is 13.0.